The molecule has 1 aliphatic heterocycles. The summed E-state index contributed by atoms with van der Waals surface area (Å²) < 4.78 is 0. The molecule has 0 bridgehead atoms. The Labute approximate surface area is 61.8 Å². The Morgan fingerprint density at radius 2 is 2.30 bits per heavy atom. The van der Waals surface area contributed by atoms with E-state index < -0.39 is 0 Å². The molecule has 1 fully saturated rings. The third-order valence-corrected chi connectivity index (χ3v) is 2.20. The van der Waals surface area contributed by atoms with E-state index >= 15 is 0 Å². The summed E-state index contributed by atoms with van der Waals surface area (Å²) in [5.41, 5.74) is 1.33. The van der Waals surface area contributed by atoms with Gasteiger partial charge in [-0.3, -0.25) is 0 Å². The third kappa shape index (κ3) is 1.08. The fraction of sp³-hybridized carbons (Fsp3) is 0.556. The lowest BCUT2D eigenvalue weighted by atomic mass is 10.1. The van der Waals surface area contributed by atoms with Crippen LogP contribution in [-0.4, -0.2) is 6.04 Å². The van der Waals surface area contributed by atoms with Gasteiger partial charge in [-0.25, -0.2) is 0 Å². The van der Waals surface area contributed by atoms with Gasteiger partial charge in [0.15, 0.2) is 0 Å². The van der Waals surface area contributed by atoms with Crippen molar-refractivity contribution in [1.29, 1.82) is 0 Å². The predicted octanol–water partition coefficient (Wildman–Crippen LogP) is 1.83. The molecule has 1 saturated carbocycles. The van der Waals surface area contributed by atoms with Crippen LogP contribution in [0.15, 0.2) is 23.9 Å². The van der Waals surface area contributed by atoms with Crippen LogP contribution < -0.4 is 5.32 Å². The van der Waals surface area contributed by atoms with Gasteiger partial charge in [-0.15, -0.1) is 0 Å². The van der Waals surface area contributed by atoms with Gasteiger partial charge in [-0.05, 0) is 37.5 Å². The number of allylic oxidation sites excluding steroid dienone is 2. The smallest absolute Gasteiger partial charge is 0.0470 e. The van der Waals surface area contributed by atoms with E-state index in [1.54, 1.807) is 0 Å². The largest absolute Gasteiger partial charge is 0.384 e. The van der Waals surface area contributed by atoms with E-state index in [9.17, 15) is 0 Å². The standard InChI is InChI=1S/C9H13N/c1-7-2-5-9(10-6-7)8-3-4-8/h2,5-6,8-10H,3-4H2,1H3. The first-order valence-corrected chi connectivity index (χ1v) is 3.97. The number of nitrogens with one attached hydrogen (secondary N) is 1. The second-order valence-electron chi connectivity index (χ2n) is 3.28. The lowest BCUT2D eigenvalue weighted by Gasteiger charge is -2.16. The van der Waals surface area contributed by atoms with Crippen LogP contribution in [0, 0.1) is 5.92 Å². The van der Waals surface area contributed by atoms with Crippen LogP contribution >= 0.6 is 0 Å². The summed E-state index contributed by atoms with van der Waals surface area (Å²) in [5, 5.41) is 3.38. The van der Waals surface area contributed by atoms with E-state index in [-0.39, 0.29) is 0 Å². The summed E-state index contributed by atoms with van der Waals surface area (Å²) in [7, 11) is 0. The van der Waals surface area contributed by atoms with Crippen molar-refractivity contribution < 1.29 is 0 Å². The van der Waals surface area contributed by atoms with Gasteiger partial charge in [0, 0.05) is 6.04 Å². The zero-order valence-corrected chi connectivity index (χ0v) is 6.30. The SMILES string of the molecule is CC1=CNC(C2CC2)C=C1. The molecule has 1 nitrogen and oxygen atoms in total. The number of hydrogen-bond donors (Lipinski definition) is 1. The second kappa shape index (κ2) is 2.15. The zero-order chi connectivity index (χ0) is 6.97. The van der Waals surface area contributed by atoms with Crippen molar-refractivity contribution in [1.82, 2.24) is 5.32 Å². The molecule has 1 N–H and O–H groups in total. The van der Waals surface area contributed by atoms with Crippen LogP contribution in [0.3, 0.4) is 0 Å². The van der Waals surface area contributed by atoms with Crippen LogP contribution in [0.1, 0.15) is 19.8 Å². The molecule has 0 aromatic carbocycles. The molecule has 1 unspecified atom stereocenters. The van der Waals surface area contributed by atoms with Crippen molar-refractivity contribution in [3.8, 4) is 0 Å². The minimum Gasteiger partial charge on any atom is -0.384 e. The highest BCUT2D eigenvalue weighted by Crippen LogP contribution is 2.34. The van der Waals surface area contributed by atoms with Crippen molar-refractivity contribution in [2.45, 2.75) is 25.8 Å². The average molecular weight is 135 g/mol. The lowest BCUT2D eigenvalue weighted by molar-refractivity contribution is 0.612. The van der Waals surface area contributed by atoms with Crippen molar-refractivity contribution in [3.05, 3.63) is 23.9 Å². The molecular formula is C9H13N. The second-order valence-corrected chi connectivity index (χ2v) is 3.28. The van der Waals surface area contributed by atoms with E-state index in [4.69, 9.17) is 0 Å². The maximum absolute atomic E-state index is 3.38. The summed E-state index contributed by atoms with van der Waals surface area (Å²) >= 11 is 0. The van der Waals surface area contributed by atoms with E-state index in [1.165, 1.54) is 18.4 Å². The number of hydrogen-bond acceptors (Lipinski definition) is 1. The topological polar surface area (TPSA) is 12.0 Å². The Balaban J connectivity index is 1.99. The molecule has 0 spiro atoms. The summed E-state index contributed by atoms with van der Waals surface area (Å²) in [4.78, 5) is 0. The molecule has 0 amide bonds. The average Bonchev–Trinajstić information content (AvgIpc) is 2.71. The Morgan fingerprint density at radius 3 is 2.80 bits per heavy atom. The summed E-state index contributed by atoms with van der Waals surface area (Å²) in [6.45, 7) is 2.12. The van der Waals surface area contributed by atoms with Crippen molar-refractivity contribution in [3.63, 3.8) is 0 Å². The third-order valence-electron chi connectivity index (χ3n) is 2.20. The highest BCUT2D eigenvalue weighted by atomic mass is 14.9. The number of dihydropyridines is 1. The maximum atomic E-state index is 3.38. The minimum atomic E-state index is 0.642. The van der Waals surface area contributed by atoms with E-state index in [0.29, 0.717) is 6.04 Å². The Morgan fingerprint density at radius 1 is 1.50 bits per heavy atom. The fourth-order valence-electron chi connectivity index (χ4n) is 1.34. The molecule has 1 heterocycles. The van der Waals surface area contributed by atoms with Crippen molar-refractivity contribution in [2.24, 2.45) is 5.92 Å². The van der Waals surface area contributed by atoms with Gasteiger partial charge >= 0.3 is 0 Å². The van der Waals surface area contributed by atoms with Gasteiger partial charge in [0.05, 0.1) is 0 Å². The Bertz CT molecular complexity index is 187. The van der Waals surface area contributed by atoms with Gasteiger partial charge in [0.25, 0.3) is 0 Å². The van der Waals surface area contributed by atoms with Crippen molar-refractivity contribution in [2.75, 3.05) is 0 Å². The Kier molecular flexibility index (Phi) is 1.30. The zero-order valence-electron chi connectivity index (χ0n) is 6.30. The molecule has 0 saturated heterocycles. The predicted molar refractivity (Wildman–Crippen MR) is 42.5 cm³/mol. The quantitative estimate of drug-likeness (QED) is 0.578. The fourth-order valence-corrected chi connectivity index (χ4v) is 1.34. The van der Waals surface area contributed by atoms with Gasteiger partial charge < -0.3 is 5.32 Å². The van der Waals surface area contributed by atoms with Crippen LogP contribution in [-0.2, 0) is 0 Å². The van der Waals surface area contributed by atoms with E-state index in [1.807, 2.05) is 0 Å². The van der Waals surface area contributed by atoms with Crippen LogP contribution in [0.2, 0.25) is 0 Å². The molecule has 10 heavy (non-hydrogen) atoms. The number of rotatable bonds is 1. The van der Waals surface area contributed by atoms with E-state index in [0.717, 1.165) is 5.92 Å². The minimum absolute atomic E-state index is 0.642. The molecular weight excluding hydrogens is 122 g/mol. The molecule has 0 aromatic heterocycles. The summed E-state index contributed by atoms with van der Waals surface area (Å²) in [6, 6.07) is 0.642. The van der Waals surface area contributed by atoms with Crippen LogP contribution in [0.25, 0.3) is 0 Å². The first-order chi connectivity index (χ1) is 4.86. The highest BCUT2D eigenvalue weighted by Gasteiger charge is 2.29. The first kappa shape index (κ1) is 6.02. The molecule has 1 aliphatic carbocycles. The highest BCUT2D eigenvalue weighted by molar-refractivity contribution is 5.23. The van der Waals surface area contributed by atoms with Gasteiger partial charge in [0.1, 0.15) is 0 Å². The van der Waals surface area contributed by atoms with E-state index in [2.05, 4.69) is 30.6 Å². The summed E-state index contributed by atoms with van der Waals surface area (Å²) in [5.74, 6) is 0.931. The summed E-state index contributed by atoms with van der Waals surface area (Å²) in [6.07, 6.45) is 9.43. The molecule has 54 valence electrons. The maximum Gasteiger partial charge on any atom is 0.0470 e. The monoisotopic (exact) mass is 135 g/mol. The van der Waals surface area contributed by atoms with Gasteiger partial charge in [-0.2, -0.15) is 0 Å². The Hall–Kier alpha value is -0.720. The lowest BCUT2D eigenvalue weighted by Crippen LogP contribution is -2.26. The molecule has 2 aliphatic rings. The normalized spacial score (nSPS) is 31.3. The molecule has 0 radical (unpaired) electrons. The van der Waals surface area contributed by atoms with Gasteiger partial charge in [-0.1, -0.05) is 12.2 Å². The molecule has 1 atom stereocenters. The van der Waals surface area contributed by atoms with Gasteiger partial charge in [0.2, 0.25) is 0 Å². The molecule has 0 aromatic rings. The van der Waals surface area contributed by atoms with Crippen molar-refractivity contribution >= 4 is 0 Å². The molecule has 1 heteroatoms. The van der Waals surface area contributed by atoms with Crippen LogP contribution in [0.4, 0.5) is 0 Å². The van der Waals surface area contributed by atoms with Crippen LogP contribution in [0.5, 0.6) is 0 Å². The first-order valence-electron chi connectivity index (χ1n) is 3.97. The molecule has 2 rings (SSSR count).